The normalized spacial score (nSPS) is 23.0. The number of hydrogen-bond donors (Lipinski definition) is 0. The van der Waals surface area contributed by atoms with Crippen LogP contribution >= 0.6 is 12.4 Å². The molecular formula is C16H18ClN5O. The quantitative estimate of drug-likeness (QED) is 0.841. The number of nitriles is 1. The molecule has 3 fully saturated rings. The average molecular weight is 332 g/mol. The van der Waals surface area contributed by atoms with Gasteiger partial charge in [-0.15, -0.1) is 17.5 Å². The molecule has 0 N–H and O–H groups in total. The second-order valence-electron chi connectivity index (χ2n) is 5.85. The van der Waals surface area contributed by atoms with E-state index in [0.717, 1.165) is 44.6 Å². The fraction of sp³-hybridized carbons (Fsp3) is 0.438. The molecule has 6 nitrogen and oxygen atoms in total. The van der Waals surface area contributed by atoms with Crippen molar-refractivity contribution < 1.29 is 4.42 Å². The van der Waals surface area contributed by atoms with E-state index in [4.69, 9.17) is 9.68 Å². The van der Waals surface area contributed by atoms with E-state index in [1.165, 1.54) is 0 Å². The standard InChI is InChI=1S/C16H17N5O.ClH/c17-11-12-1-3-13(4-2-12)15-18-19-16(22-15)21-10-9-20-7-5-14(21)6-8-20;/h1-4,14H,5-10H2;1H. The highest BCUT2D eigenvalue weighted by atomic mass is 35.5. The van der Waals surface area contributed by atoms with Gasteiger partial charge in [0.05, 0.1) is 11.6 Å². The van der Waals surface area contributed by atoms with E-state index in [1.807, 2.05) is 12.1 Å². The first kappa shape index (κ1) is 15.8. The lowest BCUT2D eigenvalue weighted by atomic mass is 10.1. The van der Waals surface area contributed by atoms with Crippen LogP contribution in [-0.2, 0) is 0 Å². The number of anilines is 1. The maximum atomic E-state index is 8.85. The smallest absolute Gasteiger partial charge is 0.318 e. The summed E-state index contributed by atoms with van der Waals surface area (Å²) in [6.07, 6.45) is 2.32. The van der Waals surface area contributed by atoms with Gasteiger partial charge in [-0.25, -0.2) is 0 Å². The van der Waals surface area contributed by atoms with E-state index < -0.39 is 0 Å². The zero-order chi connectivity index (χ0) is 14.9. The summed E-state index contributed by atoms with van der Waals surface area (Å²) in [5.74, 6) is 0.513. The lowest BCUT2D eigenvalue weighted by Crippen LogP contribution is -2.38. The van der Waals surface area contributed by atoms with Crippen LogP contribution in [-0.4, -0.2) is 47.3 Å². The number of nitrogens with zero attached hydrogens (tertiary/aromatic N) is 5. The van der Waals surface area contributed by atoms with E-state index in [2.05, 4.69) is 26.1 Å². The minimum absolute atomic E-state index is 0. The SMILES string of the molecule is Cl.N#Cc1ccc(-c2nnc(N3CCN4CCC3CC4)o2)cc1. The highest BCUT2D eigenvalue weighted by molar-refractivity contribution is 5.85. The predicted octanol–water partition coefficient (Wildman–Crippen LogP) is 2.31. The third-order valence-corrected chi connectivity index (χ3v) is 4.58. The van der Waals surface area contributed by atoms with Gasteiger partial charge in [0, 0.05) is 37.8 Å². The van der Waals surface area contributed by atoms with Gasteiger partial charge < -0.3 is 14.2 Å². The summed E-state index contributed by atoms with van der Waals surface area (Å²) in [6.45, 7) is 4.33. The molecule has 0 radical (unpaired) electrons. The van der Waals surface area contributed by atoms with Crippen LogP contribution in [0, 0.1) is 11.3 Å². The molecule has 0 aliphatic carbocycles. The molecule has 0 unspecified atom stereocenters. The molecule has 0 atom stereocenters. The van der Waals surface area contributed by atoms with Gasteiger partial charge in [0.25, 0.3) is 0 Å². The van der Waals surface area contributed by atoms with Crippen molar-refractivity contribution in [2.75, 3.05) is 31.1 Å². The second-order valence-corrected chi connectivity index (χ2v) is 5.85. The Bertz CT molecular complexity index is 700. The molecule has 0 spiro atoms. The summed E-state index contributed by atoms with van der Waals surface area (Å²) in [6, 6.07) is 10.4. The van der Waals surface area contributed by atoms with Crippen LogP contribution in [0.15, 0.2) is 28.7 Å². The van der Waals surface area contributed by atoms with E-state index in [9.17, 15) is 0 Å². The average Bonchev–Trinajstić information content (AvgIpc) is 2.87. The first-order valence-corrected chi connectivity index (χ1v) is 7.66. The van der Waals surface area contributed by atoms with Crippen LogP contribution in [0.4, 0.5) is 6.01 Å². The van der Waals surface area contributed by atoms with Crippen LogP contribution < -0.4 is 4.90 Å². The van der Waals surface area contributed by atoms with Gasteiger partial charge in [0.1, 0.15) is 0 Å². The van der Waals surface area contributed by atoms with Gasteiger partial charge in [-0.05, 0) is 37.1 Å². The molecule has 120 valence electrons. The number of fused-ring (bicyclic) bond motifs is 4. The maximum absolute atomic E-state index is 8.85. The number of halogens is 1. The van der Waals surface area contributed by atoms with Crippen molar-refractivity contribution in [2.24, 2.45) is 0 Å². The minimum Gasteiger partial charge on any atom is -0.403 e. The minimum atomic E-state index is 0. The highest BCUT2D eigenvalue weighted by Gasteiger charge is 2.31. The monoisotopic (exact) mass is 331 g/mol. The Morgan fingerprint density at radius 3 is 2.48 bits per heavy atom. The van der Waals surface area contributed by atoms with E-state index >= 15 is 0 Å². The second kappa shape index (κ2) is 6.57. The Hall–Kier alpha value is -2.10. The molecule has 3 saturated heterocycles. The van der Waals surface area contributed by atoms with E-state index in [1.54, 1.807) is 12.1 Å². The summed E-state index contributed by atoms with van der Waals surface area (Å²) in [5, 5.41) is 17.3. The molecule has 2 aromatic rings. The van der Waals surface area contributed by atoms with Crippen molar-refractivity contribution in [3.8, 4) is 17.5 Å². The lowest BCUT2D eigenvalue weighted by Gasteiger charge is -2.29. The first-order valence-electron chi connectivity index (χ1n) is 7.66. The molecule has 1 aromatic carbocycles. The van der Waals surface area contributed by atoms with Crippen molar-refractivity contribution >= 4 is 18.4 Å². The molecule has 4 heterocycles. The molecule has 23 heavy (non-hydrogen) atoms. The van der Waals surface area contributed by atoms with Gasteiger partial charge >= 0.3 is 6.01 Å². The van der Waals surface area contributed by atoms with Gasteiger partial charge in [-0.1, -0.05) is 5.10 Å². The van der Waals surface area contributed by atoms with E-state index in [-0.39, 0.29) is 12.4 Å². The largest absolute Gasteiger partial charge is 0.403 e. The topological polar surface area (TPSA) is 69.2 Å². The molecular weight excluding hydrogens is 314 g/mol. The number of rotatable bonds is 2. The number of hydrogen-bond acceptors (Lipinski definition) is 6. The zero-order valence-electron chi connectivity index (χ0n) is 12.7. The molecule has 7 heteroatoms. The van der Waals surface area contributed by atoms with Crippen molar-refractivity contribution in [1.82, 2.24) is 15.1 Å². The molecule has 3 aliphatic rings. The summed E-state index contributed by atoms with van der Waals surface area (Å²) < 4.78 is 5.89. The van der Waals surface area contributed by atoms with Gasteiger partial charge in [-0.3, -0.25) is 0 Å². The molecule has 5 rings (SSSR count). The fourth-order valence-corrected chi connectivity index (χ4v) is 3.27. The molecule has 0 saturated carbocycles. The molecule has 2 bridgehead atoms. The first-order chi connectivity index (χ1) is 10.8. The van der Waals surface area contributed by atoms with E-state index in [0.29, 0.717) is 23.5 Å². The predicted molar refractivity (Wildman–Crippen MR) is 88.5 cm³/mol. The van der Waals surface area contributed by atoms with Crippen LogP contribution in [0.1, 0.15) is 18.4 Å². The van der Waals surface area contributed by atoms with Crippen molar-refractivity contribution in [1.29, 1.82) is 5.26 Å². The molecule has 3 aliphatic heterocycles. The number of benzene rings is 1. The molecule has 0 amide bonds. The summed E-state index contributed by atoms with van der Waals surface area (Å²) in [7, 11) is 0. The van der Waals surface area contributed by atoms with Crippen molar-refractivity contribution in [2.45, 2.75) is 18.9 Å². The Morgan fingerprint density at radius 1 is 1.04 bits per heavy atom. The number of aromatic nitrogens is 2. The van der Waals surface area contributed by atoms with Gasteiger partial charge in [0.15, 0.2) is 0 Å². The van der Waals surface area contributed by atoms with Crippen LogP contribution in [0.5, 0.6) is 0 Å². The summed E-state index contributed by atoms with van der Waals surface area (Å²) in [4.78, 5) is 4.75. The van der Waals surface area contributed by atoms with Crippen molar-refractivity contribution in [3.05, 3.63) is 29.8 Å². The van der Waals surface area contributed by atoms with Crippen LogP contribution in [0.25, 0.3) is 11.5 Å². The fourth-order valence-electron chi connectivity index (χ4n) is 3.27. The van der Waals surface area contributed by atoms with Crippen LogP contribution in [0.2, 0.25) is 0 Å². The Kier molecular flexibility index (Phi) is 4.51. The Labute approximate surface area is 141 Å². The summed E-state index contributed by atoms with van der Waals surface area (Å²) in [5.41, 5.74) is 1.47. The van der Waals surface area contributed by atoms with Gasteiger partial charge in [-0.2, -0.15) is 5.26 Å². The highest BCUT2D eigenvalue weighted by Crippen LogP contribution is 2.28. The molecule has 1 aromatic heterocycles. The maximum Gasteiger partial charge on any atom is 0.318 e. The van der Waals surface area contributed by atoms with Crippen LogP contribution in [0.3, 0.4) is 0 Å². The Balaban J connectivity index is 0.00000156. The lowest BCUT2D eigenvalue weighted by molar-refractivity contribution is 0.249. The van der Waals surface area contributed by atoms with Crippen molar-refractivity contribution in [3.63, 3.8) is 0 Å². The number of piperidine rings is 1. The third kappa shape index (κ3) is 3.03. The third-order valence-electron chi connectivity index (χ3n) is 4.58. The van der Waals surface area contributed by atoms with Gasteiger partial charge in [0.2, 0.25) is 5.89 Å². The zero-order valence-corrected chi connectivity index (χ0v) is 13.5. The summed E-state index contributed by atoms with van der Waals surface area (Å²) >= 11 is 0. The Morgan fingerprint density at radius 2 is 1.78 bits per heavy atom.